The van der Waals surface area contributed by atoms with E-state index in [1.807, 2.05) is 0 Å². The lowest BCUT2D eigenvalue weighted by atomic mass is 10.0. The monoisotopic (exact) mass is 216 g/mol. The molecule has 16 heavy (non-hydrogen) atoms. The molecule has 1 aromatic carbocycles. The lowest BCUT2D eigenvalue weighted by Gasteiger charge is -2.07. The number of hydrogen-bond donors (Lipinski definition) is 1. The van der Waals surface area contributed by atoms with Gasteiger partial charge in [0.1, 0.15) is 0 Å². The van der Waals surface area contributed by atoms with Crippen LogP contribution in [0.5, 0.6) is 0 Å². The van der Waals surface area contributed by atoms with Gasteiger partial charge >= 0.3 is 0 Å². The van der Waals surface area contributed by atoms with Crippen molar-refractivity contribution in [3.8, 4) is 0 Å². The molecular formula is C14H20N2. The van der Waals surface area contributed by atoms with Gasteiger partial charge in [-0.2, -0.15) is 0 Å². The summed E-state index contributed by atoms with van der Waals surface area (Å²) in [5.41, 5.74) is 8.69. The molecule has 2 N–H and O–H groups in total. The van der Waals surface area contributed by atoms with Gasteiger partial charge in [-0.3, -0.25) is 0 Å². The number of rotatable bonds is 4. The van der Waals surface area contributed by atoms with Crippen molar-refractivity contribution >= 4 is 10.9 Å². The summed E-state index contributed by atoms with van der Waals surface area (Å²) in [6.45, 7) is 2.15. The average molecular weight is 216 g/mol. The Morgan fingerprint density at radius 2 is 2.06 bits per heavy atom. The second-order valence-electron chi connectivity index (χ2n) is 4.49. The van der Waals surface area contributed by atoms with Crippen molar-refractivity contribution in [1.82, 2.24) is 4.57 Å². The molecule has 2 rings (SSSR count). The van der Waals surface area contributed by atoms with E-state index in [1.54, 1.807) is 0 Å². The van der Waals surface area contributed by atoms with Crippen LogP contribution in [0.2, 0.25) is 0 Å². The molecule has 86 valence electrons. The van der Waals surface area contributed by atoms with Crippen molar-refractivity contribution in [3.05, 3.63) is 36.0 Å². The number of benzene rings is 1. The van der Waals surface area contributed by atoms with Gasteiger partial charge in [-0.15, -0.1) is 0 Å². The molecule has 0 saturated carbocycles. The number of nitrogens with zero attached hydrogens (tertiary/aromatic N) is 1. The van der Waals surface area contributed by atoms with Crippen LogP contribution in [-0.4, -0.2) is 10.6 Å². The summed E-state index contributed by atoms with van der Waals surface area (Å²) < 4.78 is 2.20. The smallest absolute Gasteiger partial charge is 0.0480 e. The van der Waals surface area contributed by atoms with Gasteiger partial charge in [-0.05, 0) is 30.9 Å². The van der Waals surface area contributed by atoms with Crippen LogP contribution in [0, 0.1) is 0 Å². The van der Waals surface area contributed by atoms with Crippen LogP contribution in [0.1, 0.15) is 25.3 Å². The van der Waals surface area contributed by atoms with Gasteiger partial charge in [-0.1, -0.05) is 25.1 Å². The van der Waals surface area contributed by atoms with Gasteiger partial charge < -0.3 is 10.3 Å². The number of aromatic nitrogens is 1. The highest BCUT2D eigenvalue weighted by molar-refractivity contribution is 5.83. The number of fused-ring (bicyclic) bond motifs is 1. The van der Waals surface area contributed by atoms with Gasteiger partial charge in [0.15, 0.2) is 0 Å². The summed E-state index contributed by atoms with van der Waals surface area (Å²) in [4.78, 5) is 0. The van der Waals surface area contributed by atoms with E-state index in [4.69, 9.17) is 5.73 Å². The highest BCUT2D eigenvalue weighted by atomic mass is 14.9. The SMILES string of the molecule is CCC(N)CCc1cn(C)c2ccccc12. The van der Waals surface area contributed by atoms with E-state index in [2.05, 4.69) is 49.0 Å². The molecule has 1 unspecified atom stereocenters. The Kier molecular flexibility index (Phi) is 3.30. The first-order valence-electron chi connectivity index (χ1n) is 6.01. The molecule has 1 heterocycles. The van der Waals surface area contributed by atoms with Gasteiger partial charge in [0.05, 0.1) is 0 Å². The van der Waals surface area contributed by atoms with Crippen LogP contribution in [0.25, 0.3) is 10.9 Å². The maximum atomic E-state index is 5.96. The molecule has 0 radical (unpaired) electrons. The molecule has 0 amide bonds. The molecule has 2 aromatic rings. The highest BCUT2D eigenvalue weighted by Gasteiger charge is 2.07. The predicted octanol–water partition coefficient (Wildman–Crippen LogP) is 2.85. The normalized spacial score (nSPS) is 13.2. The summed E-state index contributed by atoms with van der Waals surface area (Å²) >= 11 is 0. The first-order chi connectivity index (χ1) is 7.72. The summed E-state index contributed by atoms with van der Waals surface area (Å²) in [5, 5.41) is 1.37. The highest BCUT2D eigenvalue weighted by Crippen LogP contribution is 2.21. The second kappa shape index (κ2) is 4.71. The predicted molar refractivity (Wildman–Crippen MR) is 69.5 cm³/mol. The lowest BCUT2D eigenvalue weighted by molar-refractivity contribution is 0.596. The molecular weight excluding hydrogens is 196 g/mol. The minimum Gasteiger partial charge on any atom is -0.350 e. The van der Waals surface area contributed by atoms with Crippen LogP contribution >= 0.6 is 0 Å². The summed E-state index contributed by atoms with van der Waals surface area (Å²) in [7, 11) is 2.10. The molecule has 1 aromatic heterocycles. The van der Waals surface area contributed by atoms with Crippen molar-refractivity contribution in [1.29, 1.82) is 0 Å². The number of para-hydroxylation sites is 1. The van der Waals surface area contributed by atoms with Gasteiger partial charge in [0.25, 0.3) is 0 Å². The van der Waals surface area contributed by atoms with Crippen molar-refractivity contribution in [2.45, 2.75) is 32.2 Å². The van der Waals surface area contributed by atoms with Crippen molar-refractivity contribution in [2.75, 3.05) is 0 Å². The molecule has 0 saturated heterocycles. The Morgan fingerprint density at radius 3 is 2.81 bits per heavy atom. The fraction of sp³-hybridized carbons (Fsp3) is 0.429. The Bertz CT molecular complexity index is 471. The summed E-state index contributed by atoms with van der Waals surface area (Å²) in [6.07, 6.45) is 5.44. The first-order valence-corrected chi connectivity index (χ1v) is 6.01. The molecule has 1 atom stereocenters. The molecule has 0 aliphatic heterocycles. The third-order valence-corrected chi connectivity index (χ3v) is 3.29. The van der Waals surface area contributed by atoms with E-state index in [9.17, 15) is 0 Å². The second-order valence-corrected chi connectivity index (χ2v) is 4.49. The molecule has 2 nitrogen and oxygen atoms in total. The first kappa shape index (κ1) is 11.2. The maximum absolute atomic E-state index is 5.96. The van der Waals surface area contributed by atoms with Gasteiger partial charge in [-0.25, -0.2) is 0 Å². The molecule has 0 fully saturated rings. The van der Waals surface area contributed by atoms with Crippen LogP contribution in [0.4, 0.5) is 0 Å². The fourth-order valence-electron chi connectivity index (χ4n) is 2.17. The van der Waals surface area contributed by atoms with E-state index in [1.165, 1.54) is 16.5 Å². The van der Waals surface area contributed by atoms with Crippen LogP contribution in [-0.2, 0) is 13.5 Å². The number of nitrogens with two attached hydrogens (primary N) is 1. The minimum absolute atomic E-state index is 0.332. The molecule has 0 spiro atoms. The van der Waals surface area contributed by atoms with E-state index in [-0.39, 0.29) is 0 Å². The topological polar surface area (TPSA) is 30.9 Å². The molecule has 2 heteroatoms. The maximum Gasteiger partial charge on any atom is 0.0480 e. The minimum atomic E-state index is 0.332. The van der Waals surface area contributed by atoms with Crippen LogP contribution in [0.3, 0.4) is 0 Å². The van der Waals surface area contributed by atoms with Crippen molar-refractivity contribution in [3.63, 3.8) is 0 Å². The number of hydrogen-bond acceptors (Lipinski definition) is 1. The fourth-order valence-corrected chi connectivity index (χ4v) is 2.17. The third-order valence-electron chi connectivity index (χ3n) is 3.29. The third kappa shape index (κ3) is 2.12. The van der Waals surface area contributed by atoms with Gasteiger partial charge in [0, 0.05) is 30.2 Å². The Balaban J connectivity index is 2.24. The zero-order valence-corrected chi connectivity index (χ0v) is 10.1. The van der Waals surface area contributed by atoms with E-state index < -0.39 is 0 Å². The average Bonchev–Trinajstić information content (AvgIpc) is 2.64. The standard InChI is InChI=1S/C14H20N2/c1-3-12(15)9-8-11-10-16(2)14-7-5-4-6-13(11)14/h4-7,10,12H,3,8-9,15H2,1-2H3. The summed E-state index contributed by atoms with van der Waals surface area (Å²) in [6, 6.07) is 8.88. The zero-order chi connectivity index (χ0) is 11.5. The molecule has 0 aliphatic rings. The Labute approximate surface area is 97.1 Å². The Hall–Kier alpha value is -1.28. The van der Waals surface area contributed by atoms with Crippen molar-refractivity contribution < 1.29 is 0 Å². The number of aryl methyl sites for hydroxylation is 2. The zero-order valence-electron chi connectivity index (χ0n) is 10.1. The van der Waals surface area contributed by atoms with Crippen LogP contribution < -0.4 is 5.73 Å². The lowest BCUT2D eigenvalue weighted by Crippen LogP contribution is -2.18. The largest absolute Gasteiger partial charge is 0.350 e. The van der Waals surface area contributed by atoms with Crippen molar-refractivity contribution in [2.24, 2.45) is 12.8 Å². The van der Waals surface area contributed by atoms with Crippen LogP contribution in [0.15, 0.2) is 30.5 Å². The molecule has 0 bridgehead atoms. The quantitative estimate of drug-likeness (QED) is 0.837. The Morgan fingerprint density at radius 1 is 1.31 bits per heavy atom. The van der Waals surface area contributed by atoms with Gasteiger partial charge in [0.2, 0.25) is 0 Å². The molecule has 0 aliphatic carbocycles. The van der Waals surface area contributed by atoms with E-state index >= 15 is 0 Å². The van der Waals surface area contributed by atoms with E-state index in [0.29, 0.717) is 6.04 Å². The van der Waals surface area contributed by atoms with E-state index in [0.717, 1.165) is 19.3 Å². The summed E-state index contributed by atoms with van der Waals surface area (Å²) in [5.74, 6) is 0.